The van der Waals surface area contributed by atoms with Crippen molar-refractivity contribution in [2.75, 3.05) is 24.8 Å². The van der Waals surface area contributed by atoms with Gasteiger partial charge in [-0.05, 0) is 30.3 Å². The fraction of sp³-hybridized carbons (Fsp3) is 0.125. The molecule has 6 nitrogen and oxygen atoms in total. The van der Waals surface area contributed by atoms with Crippen molar-refractivity contribution >= 4 is 23.3 Å². The predicted octanol–water partition coefficient (Wildman–Crippen LogP) is 2.07. The average molecular weight is 300 g/mol. The molecule has 0 radical (unpaired) electrons. The summed E-state index contributed by atoms with van der Waals surface area (Å²) in [5, 5.41) is 2.61. The topological polar surface area (TPSA) is 90.6 Å². The van der Waals surface area contributed by atoms with Crippen LogP contribution >= 0.6 is 0 Å². The smallest absolute Gasteiger partial charge is 0.338 e. The van der Waals surface area contributed by atoms with Crippen molar-refractivity contribution in [2.24, 2.45) is 0 Å². The second-order valence-electron chi connectivity index (χ2n) is 4.45. The molecule has 0 saturated heterocycles. The van der Waals surface area contributed by atoms with Gasteiger partial charge in [0.25, 0.3) is 5.91 Å². The molecule has 0 fully saturated rings. The van der Waals surface area contributed by atoms with Crippen molar-refractivity contribution in [3.8, 4) is 5.75 Å². The minimum Gasteiger partial charge on any atom is -0.495 e. The quantitative estimate of drug-likeness (QED) is 0.651. The van der Waals surface area contributed by atoms with Gasteiger partial charge in [0.2, 0.25) is 0 Å². The van der Waals surface area contributed by atoms with Crippen molar-refractivity contribution in [1.29, 1.82) is 0 Å². The van der Waals surface area contributed by atoms with Crippen LogP contribution in [0.4, 0.5) is 11.4 Å². The largest absolute Gasteiger partial charge is 0.495 e. The molecule has 0 aliphatic heterocycles. The van der Waals surface area contributed by atoms with Crippen LogP contribution in [-0.2, 0) is 9.53 Å². The highest BCUT2D eigenvalue weighted by Gasteiger charge is 2.12. The Kier molecular flexibility index (Phi) is 4.98. The Morgan fingerprint density at radius 1 is 1.14 bits per heavy atom. The van der Waals surface area contributed by atoms with Gasteiger partial charge in [-0.3, -0.25) is 4.79 Å². The van der Waals surface area contributed by atoms with E-state index in [-0.39, 0.29) is 0 Å². The van der Waals surface area contributed by atoms with Crippen molar-refractivity contribution in [1.82, 2.24) is 0 Å². The number of methoxy groups -OCH3 is 1. The first-order valence-electron chi connectivity index (χ1n) is 6.55. The minimum atomic E-state index is -0.609. The Hall–Kier alpha value is -3.02. The predicted molar refractivity (Wildman–Crippen MR) is 82.8 cm³/mol. The molecule has 0 aliphatic carbocycles. The van der Waals surface area contributed by atoms with Gasteiger partial charge in [-0.25, -0.2) is 4.79 Å². The van der Waals surface area contributed by atoms with E-state index in [9.17, 15) is 9.59 Å². The van der Waals surface area contributed by atoms with Crippen LogP contribution in [-0.4, -0.2) is 25.6 Å². The molecule has 2 rings (SSSR count). The Morgan fingerprint density at radius 3 is 2.64 bits per heavy atom. The first-order valence-corrected chi connectivity index (χ1v) is 6.55. The Morgan fingerprint density at radius 2 is 1.91 bits per heavy atom. The number of carbonyl (C=O) groups excluding carboxylic acids is 2. The summed E-state index contributed by atoms with van der Waals surface area (Å²) in [7, 11) is 1.50. The van der Waals surface area contributed by atoms with E-state index in [4.69, 9.17) is 15.2 Å². The standard InChI is InChI=1S/C16H16N2O4/c1-21-14-8-3-2-7-13(14)18-15(19)10-22-16(20)11-5-4-6-12(17)9-11/h2-9H,10,17H2,1H3,(H,18,19). The van der Waals surface area contributed by atoms with E-state index in [2.05, 4.69) is 5.32 Å². The molecule has 2 aromatic rings. The third kappa shape index (κ3) is 3.99. The molecular weight excluding hydrogens is 284 g/mol. The van der Waals surface area contributed by atoms with E-state index >= 15 is 0 Å². The molecule has 22 heavy (non-hydrogen) atoms. The van der Waals surface area contributed by atoms with Gasteiger partial charge < -0.3 is 20.5 Å². The maximum absolute atomic E-state index is 11.8. The number of benzene rings is 2. The second kappa shape index (κ2) is 7.12. The zero-order chi connectivity index (χ0) is 15.9. The third-order valence-corrected chi connectivity index (χ3v) is 2.84. The van der Waals surface area contributed by atoms with Gasteiger partial charge in [0.05, 0.1) is 18.4 Å². The van der Waals surface area contributed by atoms with E-state index in [1.165, 1.54) is 13.2 Å². The van der Waals surface area contributed by atoms with Gasteiger partial charge in [0.1, 0.15) is 5.75 Å². The number of rotatable bonds is 5. The molecule has 0 saturated carbocycles. The van der Waals surface area contributed by atoms with E-state index < -0.39 is 18.5 Å². The number of hydrogen-bond acceptors (Lipinski definition) is 5. The van der Waals surface area contributed by atoms with Gasteiger partial charge in [0.15, 0.2) is 6.61 Å². The molecule has 0 bridgehead atoms. The van der Waals surface area contributed by atoms with Crippen LogP contribution in [0.25, 0.3) is 0 Å². The van der Waals surface area contributed by atoms with Crippen LogP contribution in [0.3, 0.4) is 0 Å². The summed E-state index contributed by atoms with van der Waals surface area (Å²) in [5.41, 5.74) is 6.84. The molecule has 0 spiro atoms. The molecule has 1 amide bonds. The molecule has 0 aliphatic rings. The van der Waals surface area contributed by atoms with Gasteiger partial charge in [-0.2, -0.15) is 0 Å². The molecular formula is C16H16N2O4. The highest BCUT2D eigenvalue weighted by molar-refractivity contribution is 5.96. The van der Waals surface area contributed by atoms with Crippen molar-refractivity contribution in [3.63, 3.8) is 0 Å². The summed E-state index contributed by atoms with van der Waals surface area (Å²) in [4.78, 5) is 23.6. The normalized spacial score (nSPS) is 9.86. The number of nitrogen functional groups attached to an aromatic ring is 1. The van der Waals surface area contributed by atoms with Crippen LogP contribution in [0.15, 0.2) is 48.5 Å². The number of para-hydroxylation sites is 2. The third-order valence-electron chi connectivity index (χ3n) is 2.84. The summed E-state index contributed by atoms with van der Waals surface area (Å²) >= 11 is 0. The summed E-state index contributed by atoms with van der Waals surface area (Å²) in [6, 6.07) is 13.3. The monoisotopic (exact) mass is 300 g/mol. The zero-order valence-electron chi connectivity index (χ0n) is 12.0. The van der Waals surface area contributed by atoms with Crippen LogP contribution in [0.2, 0.25) is 0 Å². The number of anilines is 2. The molecule has 114 valence electrons. The van der Waals surface area contributed by atoms with Crippen LogP contribution in [0.1, 0.15) is 10.4 Å². The number of nitrogens with one attached hydrogen (secondary N) is 1. The van der Waals surface area contributed by atoms with Gasteiger partial charge >= 0.3 is 5.97 Å². The number of amides is 1. The number of nitrogens with two attached hydrogens (primary N) is 1. The summed E-state index contributed by atoms with van der Waals surface area (Å²) < 4.78 is 10.1. The minimum absolute atomic E-state index is 0.296. The highest BCUT2D eigenvalue weighted by atomic mass is 16.5. The number of ether oxygens (including phenoxy) is 2. The average Bonchev–Trinajstić information content (AvgIpc) is 2.53. The molecule has 3 N–H and O–H groups in total. The second-order valence-corrected chi connectivity index (χ2v) is 4.45. The lowest BCUT2D eigenvalue weighted by molar-refractivity contribution is -0.119. The van der Waals surface area contributed by atoms with E-state index in [1.54, 1.807) is 42.5 Å². The molecule has 0 aromatic heterocycles. The van der Waals surface area contributed by atoms with Crippen molar-refractivity contribution in [3.05, 3.63) is 54.1 Å². The maximum Gasteiger partial charge on any atom is 0.338 e. The van der Waals surface area contributed by atoms with Crippen molar-refractivity contribution in [2.45, 2.75) is 0 Å². The summed E-state index contributed by atoms with van der Waals surface area (Å²) in [6.07, 6.45) is 0. The Balaban J connectivity index is 1.91. The first-order chi connectivity index (χ1) is 10.6. The van der Waals surface area contributed by atoms with Gasteiger partial charge in [0, 0.05) is 5.69 Å². The summed E-state index contributed by atoms with van der Waals surface area (Å²) in [5.74, 6) is -0.540. The Bertz CT molecular complexity index is 685. The molecule has 6 heteroatoms. The van der Waals surface area contributed by atoms with E-state index in [1.807, 2.05) is 0 Å². The highest BCUT2D eigenvalue weighted by Crippen LogP contribution is 2.22. The maximum atomic E-state index is 11.8. The lowest BCUT2D eigenvalue weighted by atomic mass is 10.2. The number of carbonyl (C=O) groups is 2. The fourth-order valence-electron chi connectivity index (χ4n) is 1.81. The fourth-order valence-corrected chi connectivity index (χ4v) is 1.81. The summed E-state index contributed by atoms with van der Waals surface area (Å²) in [6.45, 7) is -0.397. The number of hydrogen-bond donors (Lipinski definition) is 2. The SMILES string of the molecule is COc1ccccc1NC(=O)COC(=O)c1cccc(N)c1. The molecule has 2 aromatic carbocycles. The van der Waals surface area contributed by atoms with Crippen molar-refractivity contribution < 1.29 is 19.1 Å². The van der Waals surface area contributed by atoms with Crippen LogP contribution in [0, 0.1) is 0 Å². The van der Waals surface area contributed by atoms with Crippen LogP contribution < -0.4 is 15.8 Å². The van der Waals surface area contributed by atoms with Crippen LogP contribution in [0.5, 0.6) is 5.75 Å². The lowest BCUT2D eigenvalue weighted by Crippen LogP contribution is -2.21. The van der Waals surface area contributed by atoms with E-state index in [0.29, 0.717) is 22.7 Å². The number of esters is 1. The van der Waals surface area contributed by atoms with E-state index in [0.717, 1.165) is 0 Å². The molecule has 0 unspecified atom stereocenters. The van der Waals surface area contributed by atoms with Gasteiger partial charge in [-0.15, -0.1) is 0 Å². The molecule has 0 atom stereocenters. The molecule has 0 heterocycles. The first kappa shape index (κ1) is 15.4. The Labute approximate surface area is 127 Å². The zero-order valence-corrected chi connectivity index (χ0v) is 12.0. The lowest BCUT2D eigenvalue weighted by Gasteiger charge is -2.10. The van der Waals surface area contributed by atoms with Gasteiger partial charge in [-0.1, -0.05) is 18.2 Å².